The van der Waals surface area contributed by atoms with Crippen molar-refractivity contribution in [3.05, 3.63) is 23.8 Å². The summed E-state index contributed by atoms with van der Waals surface area (Å²) in [7, 11) is 1.57. The van der Waals surface area contributed by atoms with E-state index in [-0.39, 0.29) is 11.8 Å². The minimum atomic E-state index is 0.190. The van der Waals surface area contributed by atoms with E-state index in [2.05, 4.69) is 18.5 Å². The summed E-state index contributed by atoms with van der Waals surface area (Å²) in [5.74, 6) is 1.98. The highest BCUT2D eigenvalue weighted by molar-refractivity contribution is 7.98. The maximum absolute atomic E-state index is 9.57. The molecule has 0 radical (unpaired) electrons. The predicted molar refractivity (Wildman–Crippen MR) is 83.3 cm³/mol. The molecule has 108 valence electrons. The van der Waals surface area contributed by atoms with Crippen LogP contribution in [0.25, 0.3) is 0 Å². The van der Waals surface area contributed by atoms with Crippen molar-refractivity contribution in [3.63, 3.8) is 0 Å². The van der Waals surface area contributed by atoms with Gasteiger partial charge in [-0.25, -0.2) is 0 Å². The molecule has 0 saturated heterocycles. The van der Waals surface area contributed by atoms with Crippen LogP contribution >= 0.6 is 11.8 Å². The molecule has 0 aliphatic rings. The molecule has 2 N–H and O–H groups in total. The first-order valence-electron chi connectivity index (χ1n) is 6.78. The number of phenolic OH excluding ortho intramolecular Hbond substituents is 1. The van der Waals surface area contributed by atoms with E-state index < -0.39 is 0 Å². The molecule has 4 heteroatoms. The van der Waals surface area contributed by atoms with Crippen LogP contribution in [0.3, 0.4) is 0 Å². The summed E-state index contributed by atoms with van der Waals surface area (Å²) in [6.07, 6.45) is 5.93. The number of aromatic hydroxyl groups is 1. The minimum Gasteiger partial charge on any atom is -0.504 e. The molecule has 0 saturated carbocycles. The first kappa shape index (κ1) is 16.2. The van der Waals surface area contributed by atoms with Crippen LogP contribution < -0.4 is 10.1 Å². The molecule has 0 amide bonds. The van der Waals surface area contributed by atoms with Gasteiger partial charge in [0.05, 0.1) is 7.11 Å². The van der Waals surface area contributed by atoms with Crippen LogP contribution in [-0.4, -0.2) is 30.8 Å². The summed E-state index contributed by atoms with van der Waals surface area (Å²) < 4.78 is 5.13. The van der Waals surface area contributed by atoms with Gasteiger partial charge in [-0.1, -0.05) is 12.5 Å². The third kappa shape index (κ3) is 5.74. The zero-order valence-electron chi connectivity index (χ0n) is 12.1. The van der Waals surface area contributed by atoms with Gasteiger partial charge in [-0.05, 0) is 56.0 Å². The van der Waals surface area contributed by atoms with Crippen LogP contribution in [0.2, 0.25) is 0 Å². The second-order valence-corrected chi connectivity index (χ2v) is 5.65. The van der Waals surface area contributed by atoms with E-state index in [9.17, 15) is 5.11 Å². The average Bonchev–Trinajstić information content (AvgIpc) is 2.43. The van der Waals surface area contributed by atoms with Crippen LogP contribution in [-0.2, 0) is 0 Å². The zero-order valence-corrected chi connectivity index (χ0v) is 12.9. The van der Waals surface area contributed by atoms with Crippen molar-refractivity contribution in [1.82, 2.24) is 5.32 Å². The second kappa shape index (κ2) is 9.10. The van der Waals surface area contributed by atoms with Crippen molar-refractivity contribution in [2.75, 3.05) is 25.7 Å². The Morgan fingerprint density at radius 2 is 2.11 bits per heavy atom. The molecule has 3 nitrogen and oxygen atoms in total. The summed E-state index contributed by atoms with van der Waals surface area (Å²) in [6.45, 7) is 3.16. The summed E-state index contributed by atoms with van der Waals surface area (Å²) in [6, 6.07) is 5.78. The van der Waals surface area contributed by atoms with E-state index in [1.807, 2.05) is 23.9 Å². The Kier molecular flexibility index (Phi) is 7.75. The van der Waals surface area contributed by atoms with Gasteiger partial charge in [-0.3, -0.25) is 0 Å². The summed E-state index contributed by atoms with van der Waals surface area (Å²) in [4.78, 5) is 0. The lowest BCUT2D eigenvalue weighted by Crippen LogP contribution is -2.19. The third-order valence-corrected chi connectivity index (χ3v) is 3.88. The molecule has 0 bridgehead atoms. The SMILES string of the molecule is COc1cc(C(C)NCCCCCSC)ccc1O. The fourth-order valence-electron chi connectivity index (χ4n) is 1.95. The van der Waals surface area contributed by atoms with Gasteiger partial charge in [0.1, 0.15) is 0 Å². The first-order chi connectivity index (χ1) is 9.19. The van der Waals surface area contributed by atoms with Gasteiger partial charge < -0.3 is 15.2 Å². The topological polar surface area (TPSA) is 41.5 Å². The minimum absolute atomic E-state index is 0.190. The van der Waals surface area contributed by atoms with E-state index in [0.717, 1.165) is 12.1 Å². The average molecular weight is 283 g/mol. The lowest BCUT2D eigenvalue weighted by Gasteiger charge is -2.15. The molecule has 0 fully saturated rings. The molecule has 0 aromatic heterocycles. The Morgan fingerprint density at radius 3 is 2.79 bits per heavy atom. The highest BCUT2D eigenvalue weighted by Crippen LogP contribution is 2.28. The molecule has 1 atom stereocenters. The lowest BCUT2D eigenvalue weighted by atomic mass is 10.1. The molecule has 0 aliphatic heterocycles. The van der Waals surface area contributed by atoms with Crippen molar-refractivity contribution in [2.24, 2.45) is 0 Å². The summed E-state index contributed by atoms with van der Waals surface area (Å²) >= 11 is 1.91. The summed E-state index contributed by atoms with van der Waals surface area (Å²) in [5.41, 5.74) is 1.14. The predicted octanol–water partition coefficient (Wildman–Crippen LogP) is 3.58. The van der Waals surface area contributed by atoms with Crippen molar-refractivity contribution < 1.29 is 9.84 Å². The molecular weight excluding hydrogens is 258 g/mol. The first-order valence-corrected chi connectivity index (χ1v) is 8.17. The highest BCUT2D eigenvalue weighted by atomic mass is 32.2. The fraction of sp³-hybridized carbons (Fsp3) is 0.600. The molecule has 0 heterocycles. The van der Waals surface area contributed by atoms with Crippen LogP contribution in [0, 0.1) is 0 Å². The Labute approximate surface area is 120 Å². The normalized spacial score (nSPS) is 12.4. The van der Waals surface area contributed by atoms with Gasteiger partial charge in [0.2, 0.25) is 0 Å². The second-order valence-electron chi connectivity index (χ2n) is 4.66. The maximum atomic E-state index is 9.57. The van der Waals surface area contributed by atoms with Crippen molar-refractivity contribution in [3.8, 4) is 11.5 Å². The molecular formula is C15H25NO2S. The largest absolute Gasteiger partial charge is 0.504 e. The number of hydrogen-bond donors (Lipinski definition) is 2. The van der Waals surface area contributed by atoms with Gasteiger partial charge in [-0.15, -0.1) is 0 Å². The van der Waals surface area contributed by atoms with Crippen LogP contribution in [0.1, 0.15) is 37.8 Å². The molecule has 0 spiro atoms. The smallest absolute Gasteiger partial charge is 0.160 e. The van der Waals surface area contributed by atoms with Crippen molar-refractivity contribution in [2.45, 2.75) is 32.2 Å². The van der Waals surface area contributed by atoms with Crippen molar-refractivity contribution in [1.29, 1.82) is 0 Å². The van der Waals surface area contributed by atoms with Crippen LogP contribution in [0.15, 0.2) is 18.2 Å². The molecule has 1 unspecified atom stereocenters. The number of thioether (sulfide) groups is 1. The third-order valence-electron chi connectivity index (χ3n) is 3.18. The number of methoxy groups -OCH3 is 1. The van der Waals surface area contributed by atoms with Gasteiger partial charge in [0.15, 0.2) is 11.5 Å². The van der Waals surface area contributed by atoms with Gasteiger partial charge in [0, 0.05) is 6.04 Å². The lowest BCUT2D eigenvalue weighted by molar-refractivity contribution is 0.372. The molecule has 1 rings (SSSR count). The zero-order chi connectivity index (χ0) is 14.1. The standard InChI is InChI=1S/C15H25NO2S/c1-12(16-9-5-4-6-10-19-3)13-7-8-14(17)15(11-13)18-2/h7-8,11-12,16-17H,4-6,9-10H2,1-3H3. The molecule has 19 heavy (non-hydrogen) atoms. The fourth-order valence-corrected chi connectivity index (χ4v) is 2.44. The van der Waals surface area contributed by atoms with E-state index >= 15 is 0 Å². The molecule has 0 aliphatic carbocycles. The Bertz CT molecular complexity index is 371. The van der Waals surface area contributed by atoms with Crippen LogP contribution in [0.5, 0.6) is 11.5 Å². The number of benzene rings is 1. The van der Waals surface area contributed by atoms with Gasteiger partial charge in [0.25, 0.3) is 0 Å². The Hall–Kier alpha value is -0.870. The quantitative estimate of drug-likeness (QED) is 0.680. The molecule has 1 aromatic carbocycles. The van der Waals surface area contributed by atoms with Gasteiger partial charge in [-0.2, -0.15) is 11.8 Å². The highest BCUT2D eigenvalue weighted by Gasteiger charge is 2.08. The Balaban J connectivity index is 2.34. The number of phenols is 1. The number of ether oxygens (including phenoxy) is 1. The number of hydrogen-bond acceptors (Lipinski definition) is 4. The van der Waals surface area contributed by atoms with Gasteiger partial charge >= 0.3 is 0 Å². The maximum Gasteiger partial charge on any atom is 0.160 e. The van der Waals surface area contributed by atoms with Crippen LogP contribution in [0.4, 0.5) is 0 Å². The Morgan fingerprint density at radius 1 is 1.32 bits per heavy atom. The van der Waals surface area contributed by atoms with E-state index in [4.69, 9.17) is 4.74 Å². The van der Waals surface area contributed by atoms with E-state index in [0.29, 0.717) is 5.75 Å². The van der Waals surface area contributed by atoms with Crippen molar-refractivity contribution >= 4 is 11.8 Å². The molecule has 1 aromatic rings. The number of nitrogens with one attached hydrogen (secondary N) is 1. The number of rotatable bonds is 9. The van der Waals surface area contributed by atoms with E-state index in [1.54, 1.807) is 13.2 Å². The monoisotopic (exact) mass is 283 g/mol. The number of unbranched alkanes of at least 4 members (excludes halogenated alkanes) is 2. The van der Waals surface area contributed by atoms with E-state index in [1.165, 1.54) is 25.0 Å². The summed E-state index contributed by atoms with van der Waals surface area (Å²) in [5, 5.41) is 13.1.